The van der Waals surface area contributed by atoms with Crippen molar-refractivity contribution in [2.45, 2.75) is 44.3 Å². The molecule has 4 rings (SSSR count). The zero-order valence-electron chi connectivity index (χ0n) is 23.9. The average molecular weight is 614 g/mol. The van der Waals surface area contributed by atoms with Crippen molar-refractivity contribution in [3.63, 3.8) is 0 Å². The van der Waals surface area contributed by atoms with E-state index < -0.39 is 24.2 Å². The van der Waals surface area contributed by atoms with Gasteiger partial charge in [0.15, 0.2) is 0 Å². The SMILES string of the molecule is NCCCCCc1ccc2c(c1)C(=O)N(CCC(=O)O)CC(=O)N2C(c1ccccc1)c1ccccc1.O=C(O)C(F)(F)F. The van der Waals surface area contributed by atoms with E-state index in [-0.39, 0.29) is 31.3 Å². The molecule has 44 heavy (non-hydrogen) atoms. The highest BCUT2D eigenvalue weighted by Crippen LogP contribution is 2.37. The second-order valence-electron chi connectivity index (χ2n) is 10.1. The Morgan fingerprint density at radius 3 is 1.93 bits per heavy atom. The van der Waals surface area contributed by atoms with Crippen molar-refractivity contribution < 1.29 is 42.6 Å². The molecule has 0 radical (unpaired) electrons. The maximum absolute atomic E-state index is 13.9. The minimum atomic E-state index is -5.08. The zero-order chi connectivity index (χ0) is 32.3. The number of aliphatic carboxylic acids is 2. The predicted molar refractivity (Wildman–Crippen MR) is 157 cm³/mol. The molecule has 1 aliphatic heterocycles. The van der Waals surface area contributed by atoms with E-state index >= 15 is 0 Å². The summed E-state index contributed by atoms with van der Waals surface area (Å²) in [5.74, 6) is -4.35. The highest BCUT2D eigenvalue weighted by atomic mass is 19.4. The maximum atomic E-state index is 13.9. The van der Waals surface area contributed by atoms with Gasteiger partial charge in [-0.15, -0.1) is 0 Å². The van der Waals surface area contributed by atoms with Crippen molar-refractivity contribution in [2.75, 3.05) is 24.5 Å². The van der Waals surface area contributed by atoms with Gasteiger partial charge in [-0.05, 0) is 54.6 Å². The molecule has 234 valence electrons. The van der Waals surface area contributed by atoms with Crippen molar-refractivity contribution in [1.29, 1.82) is 0 Å². The molecule has 0 saturated carbocycles. The number of carboxylic acids is 2. The molecule has 0 saturated heterocycles. The maximum Gasteiger partial charge on any atom is 0.490 e. The van der Waals surface area contributed by atoms with Crippen LogP contribution in [0.4, 0.5) is 18.9 Å². The van der Waals surface area contributed by atoms with Crippen LogP contribution in [0.25, 0.3) is 0 Å². The summed E-state index contributed by atoms with van der Waals surface area (Å²) < 4.78 is 31.7. The van der Waals surface area contributed by atoms with Crippen LogP contribution in [0.5, 0.6) is 0 Å². The minimum absolute atomic E-state index is 0.0325. The van der Waals surface area contributed by atoms with Gasteiger partial charge in [0, 0.05) is 6.54 Å². The normalized spacial score (nSPS) is 13.2. The predicted octanol–water partition coefficient (Wildman–Crippen LogP) is 5.04. The molecule has 3 aromatic carbocycles. The number of fused-ring (bicyclic) bond motifs is 1. The van der Waals surface area contributed by atoms with Crippen LogP contribution in [-0.4, -0.2) is 64.7 Å². The zero-order valence-corrected chi connectivity index (χ0v) is 23.9. The lowest BCUT2D eigenvalue weighted by molar-refractivity contribution is -0.192. The second-order valence-corrected chi connectivity index (χ2v) is 10.1. The van der Waals surface area contributed by atoms with Gasteiger partial charge >= 0.3 is 18.1 Å². The third-order valence-electron chi connectivity index (χ3n) is 6.93. The van der Waals surface area contributed by atoms with E-state index in [0.29, 0.717) is 17.8 Å². The molecular weight excluding hydrogens is 579 g/mol. The fraction of sp³-hybridized carbons (Fsp3) is 0.312. The number of nitrogens with zero attached hydrogens (tertiary/aromatic N) is 2. The number of halogens is 3. The van der Waals surface area contributed by atoms with Gasteiger partial charge in [-0.25, -0.2) is 4.79 Å². The van der Waals surface area contributed by atoms with Crippen molar-refractivity contribution in [3.05, 3.63) is 101 Å². The Kier molecular flexibility index (Phi) is 12.0. The van der Waals surface area contributed by atoms with Gasteiger partial charge in [-0.2, -0.15) is 13.2 Å². The highest BCUT2D eigenvalue weighted by Gasteiger charge is 2.38. The molecule has 1 heterocycles. The fourth-order valence-corrected chi connectivity index (χ4v) is 4.84. The van der Waals surface area contributed by atoms with Crippen molar-refractivity contribution in [3.8, 4) is 0 Å². The summed E-state index contributed by atoms with van der Waals surface area (Å²) in [5.41, 5.74) is 9.43. The first-order valence-corrected chi connectivity index (χ1v) is 14.0. The van der Waals surface area contributed by atoms with Gasteiger partial charge in [0.1, 0.15) is 6.54 Å². The van der Waals surface area contributed by atoms with E-state index in [0.717, 1.165) is 42.4 Å². The van der Waals surface area contributed by atoms with E-state index in [2.05, 4.69) is 0 Å². The Morgan fingerprint density at radius 2 is 1.43 bits per heavy atom. The number of unbranched alkanes of at least 4 members (excludes halogenated alkanes) is 2. The molecule has 0 unspecified atom stereocenters. The first kappa shape index (κ1) is 33.8. The quantitative estimate of drug-likeness (QED) is 0.257. The standard InChI is InChI=1S/C30H33N3O4.C2HF3O2/c31-18-9-3-4-10-22-15-16-26-25(20-22)30(37)32(19-17-28(35)36)21-27(34)33(26)29(23-11-5-1-6-12-23)24-13-7-2-8-14-24;3-2(4,5)1(6)7/h1-2,5-8,11-16,20,29H,3-4,9-10,17-19,21,31H2,(H,35,36);(H,6,7). The third-order valence-corrected chi connectivity index (χ3v) is 6.93. The number of carbonyl (C=O) groups excluding carboxylic acids is 2. The molecule has 3 aromatic rings. The first-order valence-electron chi connectivity index (χ1n) is 14.0. The number of anilines is 1. The van der Waals surface area contributed by atoms with E-state index in [9.17, 15) is 32.7 Å². The Hall–Kier alpha value is -4.71. The van der Waals surface area contributed by atoms with Gasteiger partial charge < -0.3 is 20.8 Å². The summed E-state index contributed by atoms with van der Waals surface area (Å²) in [4.78, 5) is 50.8. The summed E-state index contributed by atoms with van der Waals surface area (Å²) in [6, 6.07) is 24.8. The Balaban J connectivity index is 0.000000676. The number of alkyl halides is 3. The molecule has 0 aliphatic carbocycles. The van der Waals surface area contributed by atoms with E-state index in [1.54, 1.807) is 4.90 Å². The first-order chi connectivity index (χ1) is 20.9. The Labute approximate surface area is 252 Å². The number of hydrogen-bond acceptors (Lipinski definition) is 5. The molecule has 0 aromatic heterocycles. The topological polar surface area (TPSA) is 141 Å². The molecule has 12 heteroatoms. The number of hydrogen-bond donors (Lipinski definition) is 3. The van der Waals surface area contributed by atoms with Crippen LogP contribution in [0.15, 0.2) is 78.9 Å². The Morgan fingerprint density at radius 1 is 0.864 bits per heavy atom. The molecule has 2 amide bonds. The van der Waals surface area contributed by atoms with E-state index in [1.807, 2.05) is 78.9 Å². The van der Waals surface area contributed by atoms with Gasteiger partial charge in [-0.1, -0.05) is 73.2 Å². The summed E-state index contributed by atoms with van der Waals surface area (Å²) in [6.45, 7) is 0.427. The number of benzene rings is 3. The average Bonchev–Trinajstić information content (AvgIpc) is 3.09. The van der Waals surface area contributed by atoms with E-state index in [4.69, 9.17) is 15.6 Å². The van der Waals surface area contributed by atoms with Crippen LogP contribution < -0.4 is 10.6 Å². The molecule has 0 fully saturated rings. The summed E-state index contributed by atoms with van der Waals surface area (Å²) in [5, 5.41) is 16.4. The third kappa shape index (κ3) is 9.14. The van der Waals surface area contributed by atoms with Crippen LogP contribution in [-0.2, 0) is 20.8 Å². The van der Waals surface area contributed by atoms with Crippen LogP contribution in [0.3, 0.4) is 0 Å². The number of rotatable bonds is 11. The summed E-state index contributed by atoms with van der Waals surface area (Å²) in [6.07, 6.45) is -1.61. The fourth-order valence-electron chi connectivity index (χ4n) is 4.84. The van der Waals surface area contributed by atoms with Gasteiger partial charge in [0.2, 0.25) is 5.91 Å². The molecule has 0 bridgehead atoms. The van der Waals surface area contributed by atoms with Crippen LogP contribution in [0, 0.1) is 0 Å². The van der Waals surface area contributed by atoms with Crippen molar-refractivity contribution in [2.24, 2.45) is 5.73 Å². The van der Waals surface area contributed by atoms with Gasteiger partial charge in [-0.3, -0.25) is 19.3 Å². The largest absolute Gasteiger partial charge is 0.490 e. The number of amides is 2. The van der Waals surface area contributed by atoms with Crippen LogP contribution in [0.2, 0.25) is 0 Å². The van der Waals surface area contributed by atoms with E-state index in [1.165, 1.54) is 4.90 Å². The molecule has 1 aliphatic rings. The number of carboxylic acid groups (broad SMARTS) is 2. The monoisotopic (exact) mass is 613 g/mol. The summed E-state index contributed by atoms with van der Waals surface area (Å²) >= 11 is 0. The number of nitrogens with two attached hydrogens (primary N) is 1. The van der Waals surface area contributed by atoms with Crippen LogP contribution in [0.1, 0.15) is 58.8 Å². The Bertz CT molecular complexity index is 1390. The second kappa shape index (κ2) is 15.7. The molecule has 9 nitrogen and oxygen atoms in total. The number of aryl methyl sites for hydroxylation is 1. The highest BCUT2D eigenvalue weighted by molar-refractivity contribution is 6.10. The van der Waals surface area contributed by atoms with Gasteiger partial charge in [0.25, 0.3) is 5.91 Å². The molecule has 0 spiro atoms. The molecule has 4 N–H and O–H groups in total. The van der Waals surface area contributed by atoms with Gasteiger partial charge in [0.05, 0.1) is 23.7 Å². The minimum Gasteiger partial charge on any atom is -0.481 e. The lowest BCUT2D eigenvalue weighted by Gasteiger charge is -2.33. The molecular formula is C32H34F3N3O6. The lowest BCUT2D eigenvalue weighted by Crippen LogP contribution is -2.42. The smallest absolute Gasteiger partial charge is 0.481 e. The molecule has 0 atom stereocenters. The number of carbonyl (C=O) groups is 4. The van der Waals surface area contributed by atoms with Crippen LogP contribution >= 0.6 is 0 Å². The van der Waals surface area contributed by atoms with Crippen molar-refractivity contribution in [1.82, 2.24) is 4.90 Å². The van der Waals surface area contributed by atoms with Crippen molar-refractivity contribution >= 4 is 29.4 Å². The summed E-state index contributed by atoms with van der Waals surface area (Å²) in [7, 11) is 0. The lowest BCUT2D eigenvalue weighted by atomic mass is 9.95.